The molecular weight excluding hydrogens is 437 g/mol. The van der Waals surface area contributed by atoms with Crippen molar-refractivity contribution < 1.29 is 9.59 Å². The van der Waals surface area contributed by atoms with Crippen molar-refractivity contribution in [3.8, 4) is 0 Å². The highest BCUT2D eigenvalue weighted by Gasteiger charge is 2.49. The van der Waals surface area contributed by atoms with Gasteiger partial charge in [-0.3, -0.25) is 19.5 Å². The van der Waals surface area contributed by atoms with Crippen LogP contribution in [0, 0.1) is 0 Å². The predicted molar refractivity (Wildman–Crippen MR) is 120 cm³/mol. The molecule has 0 aliphatic carbocycles. The van der Waals surface area contributed by atoms with Crippen LogP contribution in [0.15, 0.2) is 42.7 Å². The van der Waals surface area contributed by atoms with Gasteiger partial charge in [-0.05, 0) is 42.7 Å². The number of carbonyl (C=O) groups excluding carboxylic acids is 2. The number of rotatable bonds is 6. The number of amides is 2. The molecule has 1 aromatic heterocycles. The van der Waals surface area contributed by atoms with Crippen molar-refractivity contribution in [3.05, 3.63) is 63.9 Å². The molecule has 2 amide bonds. The minimum absolute atomic E-state index is 0.115. The van der Waals surface area contributed by atoms with Crippen LogP contribution in [0.5, 0.6) is 0 Å². The molecule has 1 aromatic carbocycles. The average molecular weight is 462 g/mol. The number of nitrogens with zero attached hydrogens (tertiary/aromatic N) is 3. The van der Waals surface area contributed by atoms with Crippen molar-refractivity contribution >= 4 is 35.0 Å². The molecular formula is C22H25Cl2N5O2. The molecule has 1 spiro atoms. The lowest BCUT2D eigenvalue weighted by molar-refractivity contribution is -0.129. The summed E-state index contributed by atoms with van der Waals surface area (Å²) in [6.45, 7) is 4.13. The third kappa shape index (κ3) is 4.85. The van der Waals surface area contributed by atoms with Crippen LogP contribution in [0.25, 0.3) is 0 Å². The second-order valence-corrected chi connectivity index (χ2v) is 8.80. The predicted octanol–water partition coefficient (Wildman–Crippen LogP) is 2.54. The Kier molecular flexibility index (Phi) is 6.77. The standard InChI is InChI=1S/C22H25Cl2N5O2/c23-18-4-3-17(12-19(18)24)20(30)26-8-11-28-9-5-22(6-10-28)21(31)27-15-29(22)14-16-2-1-7-25-13-16/h1-4,7,12-13H,5-6,8-11,14-15H2,(H,26,30)(H,27,31). The summed E-state index contributed by atoms with van der Waals surface area (Å²) in [6.07, 6.45) is 5.13. The van der Waals surface area contributed by atoms with Gasteiger partial charge in [0, 0.05) is 50.7 Å². The fourth-order valence-electron chi connectivity index (χ4n) is 4.30. The Morgan fingerprint density at radius 2 is 2.00 bits per heavy atom. The van der Waals surface area contributed by atoms with Crippen LogP contribution in [0.4, 0.5) is 0 Å². The number of halogens is 2. The SMILES string of the molecule is O=C(NCCN1CCC2(CC1)C(=O)NCN2Cc1cccnc1)c1ccc(Cl)c(Cl)c1. The van der Waals surface area contributed by atoms with Crippen LogP contribution in [0.3, 0.4) is 0 Å². The zero-order valence-corrected chi connectivity index (χ0v) is 18.6. The quantitative estimate of drug-likeness (QED) is 0.690. The summed E-state index contributed by atoms with van der Waals surface area (Å²) >= 11 is 11.9. The summed E-state index contributed by atoms with van der Waals surface area (Å²) in [5.74, 6) is -0.0613. The molecule has 0 unspecified atom stereocenters. The zero-order chi connectivity index (χ0) is 21.8. The molecule has 2 saturated heterocycles. The van der Waals surface area contributed by atoms with E-state index in [1.165, 1.54) is 0 Å². The maximum absolute atomic E-state index is 12.7. The number of pyridine rings is 1. The first-order chi connectivity index (χ1) is 15.0. The first-order valence-electron chi connectivity index (χ1n) is 10.4. The largest absolute Gasteiger partial charge is 0.351 e. The van der Waals surface area contributed by atoms with Crippen molar-refractivity contribution in [1.82, 2.24) is 25.4 Å². The number of likely N-dealkylation sites (tertiary alicyclic amines) is 1. The first kappa shape index (κ1) is 22.0. The normalized spacial score (nSPS) is 18.8. The van der Waals surface area contributed by atoms with E-state index in [2.05, 4.69) is 25.4 Å². The van der Waals surface area contributed by atoms with E-state index in [0.717, 1.165) is 38.0 Å². The molecule has 0 saturated carbocycles. The van der Waals surface area contributed by atoms with Crippen molar-refractivity contribution in [2.75, 3.05) is 32.8 Å². The van der Waals surface area contributed by atoms with Gasteiger partial charge in [-0.1, -0.05) is 29.3 Å². The van der Waals surface area contributed by atoms with Crippen LogP contribution in [0.2, 0.25) is 10.0 Å². The van der Waals surface area contributed by atoms with Crippen molar-refractivity contribution in [2.24, 2.45) is 0 Å². The Hall–Kier alpha value is -2.19. The van der Waals surface area contributed by atoms with Gasteiger partial charge in [0.15, 0.2) is 0 Å². The van der Waals surface area contributed by atoms with Crippen LogP contribution >= 0.6 is 23.2 Å². The third-order valence-corrected chi connectivity index (χ3v) is 6.87. The average Bonchev–Trinajstić information content (AvgIpc) is 3.07. The van der Waals surface area contributed by atoms with E-state index in [9.17, 15) is 9.59 Å². The van der Waals surface area contributed by atoms with Crippen LogP contribution in [-0.4, -0.2) is 65.0 Å². The summed E-state index contributed by atoms with van der Waals surface area (Å²) in [6, 6.07) is 8.80. The number of piperidine rings is 1. The molecule has 0 radical (unpaired) electrons. The lowest BCUT2D eigenvalue weighted by atomic mass is 9.86. The second-order valence-electron chi connectivity index (χ2n) is 7.98. The van der Waals surface area contributed by atoms with E-state index in [1.807, 2.05) is 18.3 Å². The molecule has 2 fully saturated rings. The Morgan fingerprint density at radius 3 is 2.71 bits per heavy atom. The Balaban J connectivity index is 1.28. The van der Waals surface area contributed by atoms with Gasteiger partial charge in [-0.2, -0.15) is 0 Å². The molecule has 2 aliphatic heterocycles. The zero-order valence-electron chi connectivity index (χ0n) is 17.1. The molecule has 0 atom stereocenters. The number of benzene rings is 1. The summed E-state index contributed by atoms with van der Waals surface area (Å²) in [5, 5.41) is 6.73. The molecule has 4 rings (SSSR count). The maximum Gasteiger partial charge on any atom is 0.251 e. The van der Waals surface area contributed by atoms with Crippen LogP contribution < -0.4 is 10.6 Å². The molecule has 7 nitrogen and oxygen atoms in total. The fraction of sp³-hybridized carbons (Fsp3) is 0.409. The lowest BCUT2D eigenvalue weighted by Crippen LogP contribution is -2.56. The van der Waals surface area contributed by atoms with E-state index in [1.54, 1.807) is 24.4 Å². The molecule has 2 N–H and O–H groups in total. The smallest absolute Gasteiger partial charge is 0.251 e. The fourth-order valence-corrected chi connectivity index (χ4v) is 4.60. The molecule has 3 heterocycles. The molecule has 31 heavy (non-hydrogen) atoms. The van der Waals surface area contributed by atoms with Crippen molar-refractivity contribution in [1.29, 1.82) is 0 Å². The first-order valence-corrected chi connectivity index (χ1v) is 11.1. The lowest BCUT2D eigenvalue weighted by Gasteiger charge is -2.42. The van der Waals surface area contributed by atoms with Gasteiger partial charge in [0.1, 0.15) is 5.54 Å². The summed E-state index contributed by atoms with van der Waals surface area (Å²) in [4.78, 5) is 33.7. The molecule has 164 valence electrons. The van der Waals surface area contributed by atoms with E-state index in [-0.39, 0.29) is 11.8 Å². The van der Waals surface area contributed by atoms with E-state index >= 15 is 0 Å². The Bertz CT molecular complexity index is 948. The summed E-state index contributed by atoms with van der Waals surface area (Å²) in [7, 11) is 0. The number of hydrogen-bond donors (Lipinski definition) is 2. The Labute approximate surface area is 191 Å². The van der Waals surface area contributed by atoms with E-state index in [0.29, 0.717) is 35.4 Å². The maximum atomic E-state index is 12.7. The van der Waals surface area contributed by atoms with Crippen LogP contribution in [0.1, 0.15) is 28.8 Å². The van der Waals surface area contributed by atoms with Gasteiger partial charge in [0.2, 0.25) is 5.91 Å². The molecule has 0 bridgehead atoms. The minimum Gasteiger partial charge on any atom is -0.351 e. The third-order valence-electron chi connectivity index (χ3n) is 6.13. The topological polar surface area (TPSA) is 77.6 Å². The highest BCUT2D eigenvalue weighted by molar-refractivity contribution is 6.42. The number of hydrogen-bond acceptors (Lipinski definition) is 5. The van der Waals surface area contributed by atoms with Crippen molar-refractivity contribution in [3.63, 3.8) is 0 Å². The highest BCUT2D eigenvalue weighted by atomic mass is 35.5. The molecule has 2 aliphatic rings. The molecule has 2 aromatic rings. The Morgan fingerprint density at radius 1 is 1.19 bits per heavy atom. The number of aromatic nitrogens is 1. The van der Waals surface area contributed by atoms with Gasteiger partial charge in [-0.25, -0.2) is 0 Å². The minimum atomic E-state index is -0.463. The summed E-state index contributed by atoms with van der Waals surface area (Å²) < 4.78 is 0. The van der Waals surface area contributed by atoms with Crippen LogP contribution in [-0.2, 0) is 11.3 Å². The van der Waals surface area contributed by atoms with Gasteiger partial charge in [-0.15, -0.1) is 0 Å². The van der Waals surface area contributed by atoms with Gasteiger partial charge < -0.3 is 15.5 Å². The van der Waals surface area contributed by atoms with Gasteiger partial charge in [0.25, 0.3) is 5.91 Å². The van der Waals surface area contributed by atoms with E-state index in [4.69, 9.17) is 23.2 Å². The number of carbonyl (C=O) groups is 2. The van der Waals surface area contributed by atoms with Gasteiger partial charge >= 0.3 is 0 Å². The monoisotopic (exact) mass is 461 g/mol. The highest BCUT2D eigenvalue weighted by Crippen LogP contribution is 2.33. The van der Waals surface area contributed by atoms with Gasteiger partial charge in [0.05, 0.1) is 16.7 Å². The molecule has 9 heteroatoms. The summed E-state index contributed by atoms with van der Waals surface area (Å²) in [5.41, 5.74) is 1.13. The second kappa shape index (κ2) is 9.53. The van der Waals surface area contributed by atoms with Crippen molar-refractivity contribution in [2.45, 2.75) is 24.9 Å². The van der Waals surface area contributed by atoms with E-state index < -0.39 is 5.54 Å². The number of nitrogens with one attached hydrogen (secondary N) is 2.